The molecule has 2 aliphatic rings. The maximum atomic E-state index is 11.3. The molecule has 0 aromatic heterocycles. The molecule has 1 aromatic rings. The van der Waals surface area contributed by atoms with Crippen molar-refractivity contribution in [2.24, 2.45) is 0 Å². The monoisotopic (exact) mass is 243 g/mol. The van der Waals surface area contributed by atoms with Crippen molar-refractivity contribution in [2.45, 2.75) is 25.9 Å². The predicted molar refractivity (Wildman–Crippen MR) is 70.0 cm³/mol. The van der Waals surface area contributed by atoms with Gasteiger partial charge in [-0.05, 0) is 49.2 Å². The molecule has 3 heteroatoms. The second kappa shape index (κ2) is 4.84. The van der Waals surface area contributed by atoms with Gasteiger partial charge in [-0.25, -0.2) is 4.79 Å². The molecular formula is C15H17NO2. The molecule has 94 valence electrons. The first-order valence-electron chi connectivity index (χ1n) is 6.55. The zero-order chi connectivity index (χ0) is 12.4. The molecule has 0 spiro atoms. The summed E-state index contributed by atoms with van der Waals surface area (Å²) in [5.74, 6) is -0.198. The number of esters is 1. The van der Waals surface area contributed by atoms with Crippen molar-refractivity contribution in [3.05, 3.63) is 41.1 Å². The lowest BCUT2D eigenvalue weighted by molar-refractivity contribution is 0.0535. The first-order valence-corrected chi connectivity index (χ1v) is 6.55. The Kier molecular flexibility index (Phi) is 3.05. The van der Waals surface area contributed by atoms with Crippen LogP contribution in [0.15, 0.2) is 24.4 Å². The van der Waals surface area contributed by atoms with Gasteiger partial charge in [-0.15, -0.1) is 0 Å². The summed E-state index contributed by atoms with van der Waals surface area (Å²) in [6.07, 6.45) is 8.21. The van der Waals surface area contributed by atoms with Crippen LogP contribution < -0.4 is 0 Å². The van der Waals surface area contributed by atoms with Crippen molar-refractivity contribution in [3.8, 4) is 0 Å². The predicted octanol–water partition coefficient (Wildman–Crippen LogP) is 2.81. The maximum Gasteiger partial charge on any atom is 0.338 e. The lowest BCUT2D eigenvalue weighted by Gasteiger charge is -2.24. The van der Waals surface area contributed by atoms with E-state index in [1.807, 2.05) is 18.2 Å². The van der Waals surface area contributed by atoms with Gasteiger partial charge < -0.3 is 9.64 Å². The Morgan fingerprint density at radius 2 is 2.00 bits per heavy atom. The topological polar surface area (TPSA) is 29.5 Å². The Labute approximate surface area is 107 Å². The SMILES string of the molecule is O=C1OCc2cc(/C=C/N3CCCCC3)ccc21. The number of hydrogen-bond acceptors (Lipinski definition) is 3. The minimum Gasteiger partial charge on any atom is -0.457 e. The largest absolute Gasteiger partial charge is 0.457 e. The molecule has 0 radical (unpaired) electrons. The first-order chi connectivity index (χ1) is 8.83. The van der Waals surface area contributed by atoms with Crippen LogP contribution in [0.2, 0.25) is 0 Å². The van der Waals surface area contributed by atoms with Crippen molar-refractivity contribution in [3.63, 3.8) is 0 Å². The minimum absolute atomic E-state index is 0.198. The van der Waals surface area contributed by atoms with E-state index in [4.69, 9.17) is 4.74 Å². The number of cyclic esters (lactones) is 1. The Bertz CT molecular complexity index is 487. The highest BCUT2D eigenvalue weighted by molar-refractivity contribution is 5.93. The summed E-state index contributed by atoms with van der Waals surface area (Å²) in [4.78, 5) is 13.7. The number of carbonyl (C=O) groups is 1. The summed E-state index contributed by atoms with van der Waals surface area (Å²) >= 11 is 0. The van der Waals surface area contributed by atoms with Gasteiger partial charge in [0.2, 0.25) is 0 Å². The van der Waals surface area contributed by atoms with Crippen LogP contribution in [0.5, 0.6) is 0 Å². The molecule has 3 nitrogen and oxygen atoms in total. The second-order valence-electron chi connectivity index (χ2n) is 4.91. The molecule has 0 N–H and O–H groups in total. The molecule has 1 saturated heterocycles. The molecule has 0 aliphatic carbocycles. The van der Waals surface area contributed by atoms with Crippen LogP contribution in [0.3, 0.4) is 0 Å². The number of fused-ring (bicyclic) bond motifs is 1. The molecule has 0 unspecified atom stereocenters. The summed E-state index contributed by atoms with van der Waals surface area (Å²) in [5, 5.41) is 0. The Balaban J connectivity index is 1.73. The van der Waals surface area contributed by atoms with E-state index in [9.17, 15) is 4.79 Å². The van der Waals surface area contributed by atoms with Gasteiger partial charge in [0, 0.05) is 18.7 Å². The fourth-order valence-electron chi connectivity index (χ4n) is 2.52. The molecule has 2 heterocycles. The van der Waals surface area contributed by atoms with Crippen molar-refractivity contribution < 1.29 is 9.53 Å². The number of ether oxygens (including phenoxy) is 1. The number of rotatable bonds is 2. The molecule has 1 aromatic carbocycles. The average molecular weight is 243 g/mol. The van der Waals surface area contributed by atoms with Gasteiger partial charge in [-0.1, -0.05) is 6.07 Å². The maximum absolute atomic E-state index is 11.3. The summed E-state index contributed by atoms with van der Waals surface area (Å²) < 4.78 is 5.00. The third-order valence-corrected chi connectivity index (χ3v) is 3.58. The van der Waals surface area contributed by atoms with E-state index in [1.165, 1.54) is 19.3 Å². The van der Waals surface area contributed by atoms with E-state index in [-0.39, 0.29) is 5.97 Å². The molecular weight excluding hydrogens is 226 g/mol. The summed E-state index contributed by atoms with van der Waals surface area (Å²) in [6, 6.07) is 5.88. The van der Waals surface area contributed by atoms with E-state index in [0.717, 1.165) is 24.2 Å². The molecule has 18 heavy (non-hydrogen) atoms. The van der Waals surface area contributed by atoms with Crippen LogP contribution in [0.25, 0.3) is 6.08 Å². The van der Waals surface area contributed by atoms with Crippen LogP contribution >= 0.6 is 0 Å². The molecule has 0 amide bonds. The molecule has 0 atom stereocenters. The van der Waals surface area contributed by atoms with Gasteiger partial charge in [-0.2, -0.15) is 0 Å². The molecule has 2 aliphatic heterocycles. The van der Waals surface area contributed by atoms with Gasteiger partial charge in [0.05, 0.1) is 5.56 Å². The van der Waals surface area contributed by atoms with Crippen molar-refractivity contribution in [1.29, 1.82) is 0 Å². The zero-order valence-electron chi connectivity index (χ0n) is 10.4. The fraction of sp³-hybridized carbons (Fsp3) is 0.400. The number of hydrogen-bond donors (Lipinski definition) is 0. The van der Waals surface area contributed by atoms with Crippen LogP contribution in [0.4, 0.5) is 0 Å². The van der Waals surface area contributed by atoms with Crippen molar-refractivity contribution >= 4 is 12.0 Å². The molecule has 0 bridgehead atoms. The van der Waals surface area contributed by atoms with Gasteiger partial charge in [0.25, 0.3) is 0 Å². The van der Waals surface area contributed by atoms with E-state index >= 15 is 0 Å². The van der Waals surface area contributed by atoms with Crippen molar-refractivity contribution in [1.82, 2.24) is 4.90 Å². The summed E-state index contributed by atoms with van der Waals surface area (Å²) in [7, 11) is 0. The lowest BCUT2D eigenvalue weighted by Crippen LogP contribution is -2.23. The number of carbonyl (C=O) groups excluding carboxylic acids is 1. The second-order valence-corrected chi connectivity index (χ2v) is 4.91. The van der Waals surface area contributed by atoms with Crippen LogP contribution in [0, 0.1) is 0 Å². The molecule has 3 rings (SSSR count). The standard InChI is InChI=1S/C15H17NO2/c17-15-14-5-4-12(10-13(14)11-18-15)6-9-16-7-2-1-3-8-16/h4-6,9-10H,1-3,7-8,11H2/b9-6+. The van der Waals surface area contributed by atoms with E-state index in [1.54, 1.807) is 0 Å². The molecule has 1 fully saturated rings. The zero-order valence-corrected chi connectivity index (χ0v) is 10.4. The van der Waals surface area contributed by atoms with Gasteiger partial charge in [-0.3, -0.25) is 0 Å². The third kappa shape index (κ3) is 2.26. The van der Waals surface area contributed by atoms with Gasteiger partial charge in [0.1, 0.15) is 6.61 Å². The highest BCUT2D eigenvalue weighted by atomic mass is 16.5. The van der Waals surface area contributed by atoms with E-state index in [2.05, 4.69) is 17.2 Å². The van der Waals surface area contributed by atoms with Crippen LogP contribution in [-0.4, -0.2) is 24.0 Å². The van der Waals surface area contributed by atoms with Crippen LogP contribution in [-0.2, 0) is 11.3 Å². The Morgan fingerprint density at radius 1 is 1.17 bits per heavy atom. The van der Waals surface area contributed by atoms with Crippen LogP contribution in [0.1, 0.15) is 40.7 Å². The first kappa shape index (κ1) is 11.3. The number of likely N-dealkylation sites (tertiary alicyclic amines) is 1. The highest BCUT2D eigenvalue weighted by Crippen LogP contribution is 2.21. The van der Waals surface area contributed by atoms with Gasteiger partial charge >= 0.3 is 5.97 Å². The smallest absolute Gasteiger partial charge is 0.338 e. The minimum atomic E-state index is -0.198. The van der Waals surface area contributed by atoms with Gasteiger partial charge in [0.15, 0.2) is 0 Å². The normalized spacial score (nSPS) is 19.1. The van der Waals surface area contributed by atoms with E-state index < -0.39 is 0 Å². The third-order valence-electron chi connectivity index (χ3n) is 3.58. The van der Waals surface area contributed by atoms with Crippen molar-refractivity contribution in [2.75, 3.05) is 13.1 Å². The summed E-state index contributed by atoms with van der Waals surface area (Å²) in [5.41, 5.74) is 2.85. The van der Waals surface area contributed by atoms with E-state index in [0.29, 0.717) is 12.2 Å². The number of piperidine rings is 1. The molecule has 0 saturated carbocycles. The average Bonchev–Trinajstić information content (AvgIpc) is 2.79. The Morgan fingerprint density at radius 3 is 2.83 bits per heavy atom. The number of benzene rings is 1. The summed E-state index contributed by atoms with van der Waals surface area (Å²) in [6.45, 7) is 2.73. The Hall–Kier alpha value is -1.77. The highest BCUT2D eigenvalue weighted by Gasteiger charge is 2.20. The fourth-order valence-corrected chi connectivity index (χ4v) is 2.52. The quantitative estimate of drug-likeness (QED) is 0.748. The number of nitrogens with zero attached hydrogens (tertiary/aromatic N) is 1. The lowest BCUT2D eigenvalue weighted by atomic mass is 10.1.